The molecule has 0 unspecified atom stereocenters. The average Bonchev–Trinajstić information content (AvgIpc) is 2.49. The van der Waals surface area contributed by atoms with Gasteiger partial charge in [0.05, 0.1) is 6.54 Å². The zero-order chi connectivity index (χ0) is 16.6. The predicted molar refractivity (Wildman–Crippen MR) is 107 cm³/mol. The summed E-state index contributed by atoms with van der Waals surface area (Å²) in [7, 11) is 0. The van der Waals surface area contributed by atoms with Crippen molar-refractivity contribution in [2.24, 2.45) is 4.99 Å². The van der Waals surface area contributed by atoms with Gasteiger partial charge in [-0.3, -0.25) is 4.99 Å². The molecule has 2 N–H and O–H groups in total. The minimum absolute atomic E-state index is 0. The highest BCUT2D eigenvalue weighted by molar-refractivity contribution is 14.0. The number of benzene rings is 1. The number of aliphatic imine (C=N–C) groups is 1. The fourth-order valence-electron chi connectivity index (χ4n) is 1.73. The van der Waals surface area contributed by atoms with E-state index in [-0.39, 0.29) is 28.7 Å². The lowest BCUT2D eigenvalue weighted by Crippen LogP contribution is -2.39. The van der Waals surface area contributed by atoms with Gasteiger partial charge in [0.25, 0.3) is 0 Å². The molecule has 7 heteroatoms. The zero-order valence-electron chi connectivity index (χ0n) is 14.1. The van der Waals surface area contributed by atoms with E-state index in [4.69, 9.17) is 0 Å². The lowest BCUT2D eigenvalue weighted by molar-refractivity contribution is 0.498. The maximum Gasteiger partial charge on any atom is 0.191 e. The number of hydrogen-bond acceptors (Lipinski definition) is 2. The van der Waals surface area contributed by atoms with Crippen LogP contribution in [0.1, 0.15) is 26.3 Å². The topological polar surface area (TPSA) is 36.4 Å². The summed E-state index contributed by atoms with van der Waals surface area (Å²) in [4.78, 5) is 4.53. The van der Waals surface area contributed by atoms with Crippen molar-refractivity contribution in [1.82, 2.24) is 10.6 Å². The first-order chi connectivity index (χ1) is 10.4. The molecule has 0 aliphatic rings. The molecule has 23 heavy (non-hydrogen) atoms. The molecule has 0 saturated heterocycles. The molecule has 0 saturated carbocycles. The van der Waals surface area contributed by atoms with Crippen molar-refractivity contribution < 1.29 is 8.78 Å². The first-order valence-corrected chi connectivity index (χ1v) is 8.62. The second-order valence-corrected chi connectivity index (χ2v) is 7.06. The van der Waals surface area contributed by atoms with Gasteiger partial charge in [-0.25, -0.2) is 8.78 Å². The van der Waals surface area contributed by atoms with Crippen molar-refractivity contribution in [2.75, 3.05) is 25.9 Å². The number of guanidine groups is 1. The van der Waals surface area contributed by atoms with Crippen molar-refractivity contribution in [3.05, 3.63) is 35.4 Å². The summed E-state index contributed by atoms with van der Waals surface area (Å²) < 4.78 is 26.8. The Kier molecular flexibility index (Phi) is 10.8. The van der Waals surface area contributed by atoms with Crippen molar-refractivity contribution in [3.63, 3.8) is 0 Å². The van der Waals surface area contributed by atoms with Crippen LogP contribution in [0.4, 0.5) is 8.78 Å². The van der Waals surface area contributed by atoms with Crippen molar-refractivity contribution in [1.29, 1.82) is 0 Å². The van der Waals surface area contributed by atoms with Crippen LogP contribution in [0, 0.1) is 11.6 Å². The fraction of sp³-hybridized carbons (Fsp3) is 0.562. The van der Waals surface area contributed by atoms with E-state index in [2.05, 4.69) is 35.7 Å². The summed E-state index contributed by atoms with van der Waals surface area (Å²) in [6.07, 6.45) is 2.46. The monoisotopic (exact) mass is 457 g/mol. The van der Waals surface area contributed by atoms with E-state index in [0.717, 1.165) is 12.6 Å². The maximum absolute atomic E-state index is 13.6. The number of nitrogens with zero attached hydrogens (tertiary/aromatic N) is 1. The lowest BCUT2D eigenvalue weighted by atomic mass is 10.1. The van der Waals surface area contributed by atoms with Crippen LogP contribution in [0.2, 0.25) is 0 Å². The molecule has 0 aromatic heterocycles. The minimum Gasteiger partial charge on any atom is -0.357 e. The quantitative estimate of drug-likeness (QED) is 0.372. The standard InChI is InChI=1S/C16H25F2N3S.HI/c1-5-19-15(21-11-16(2,3)22-4)20-10-9-12-7-6-8-13(17)14(12)18;/h6-8H,5,9-11H2,1-4H3,(H2,19,20,21);1H. The molecule has 132 valence electrons. The Bertz CT molecular complexity index is 510. The van der Waals surface area contributed by atoms with Crippen LogP contribution < -0.4 is 10.6 Å². The molecule has 0 heterocycles. The van der Waals surface area contributed by atoms with E-state index in [0.29, 0.717) is 31.0 Å². The van der Waals surface area contributed by atoms with Gasteiger partial charge in [0.1, 0.15) is 0 Å². The molecule has 0 spiro atoms. The van der Waals surface area contributed by atoms with Gasteiger partial charge >= 0.3 is 0 Å². The van der Waals surface area contributed by atoms with E-state index < -0.39 is 11.6 Å². The van der Waals surface area contributed by atoms with Crippen LogP contribution in [0.15, 0.2) is 23.2 Å². The molecule has 0 atom stereocenters. The Hall–Kier alpha value is -0.570. The summed E-state index contributed by atoms with van der Waals surface area (Å²) in [6, 6.07) is 4.25. The largest absolute Gasteiger partial charge is 0.357 e. The molecule has 0 bridgehead atoms. The van der Waals surface area contributed by atoms with Gasteiger partial charge < -0.3 is 10.6 Å². The van der Waals surface area contributed by atoms with Gasteiger partial charge in [0, 0.05) is 17.8 Å². The van der Waals surface area contributed by atoms with Crippen molar-refractivity contribution >= 4 is 41.7 Å². The van der Waals surface area contributed by atoms with Gasteiger partial charge in [0.2, 0.25) is 0 Å². The van der Waals surface area contributed by atoms with Crippen LogP contribution >= 0.6 is 35.7 Å². The Morgan fingerprint density at radius 2 is 1.96 bits per heavy atom. The van der Waals surface area contributed by atoms with E-state index in [1.165, 1.54) is 6.07 Å². The molecule has 0 aliphatic heterocycles. The van der Waals surface area contributed by atoms with E-state index in [1.54, 1.807) is 17.8 Å². The average molecular weight is 457 g/mol. The number of nitrogens with one attached hydrogen (secondary N) is 2. The number of hydrogen-bond donors (Lipinski definition) is 2. The van der Waals surface area contributed by atoms with Crippen LogP contribution in [-0.4, -0.2) is 36.6 Å². The van der Waals surface area contributed by atoms with Gasteiger partial charge in [0.15, 0.2) is 17.6 Å². The molecule has 1 aromatic carbocycles. The van der Waals surface area contributed by atoms with Gasteiger partial charge in [-0.1, -0.05) is 12.1 Å². The summed E-state index contributed by atoms with van der Waals surface area (Å²) in [5.41, 5.74) is 0.368. The first kappa shape index (κ1) is 22.4. The van der Waals surface area contributed by atoms with E-state index in [9.17, 15) is 8.78 Å². The molecule has 0 amide bonds. The fourth-order valence-corrected chi connectivity index (χ4v) is 1.93. The highest BCUT2D eigenvalue weighted by Crippen LogP contribution is 2.20. The Balaban J connectivity index is 0.00000484. The Morgan fingerprint density at radius 1 is 1.26 bits per heavy atom. The zero-order valence-corrected chi connectivity index (χ0v) is 17.2. The normalized spacial score (nSPS) is 11.8. The van der Waals surface area contributed by atoms with E-state index >= 15 is 0 Å². The predicted octanol–water partition coefficient (Wildman–Crippen LogP) is 3.82. The first-order valence-electron chi connectivity index (χ1n) is 7.40. The van der Waals surface area contributed by atoms with Gasteiger partial charge in [-0.2, -0.15) is 11.8 Å². The third-order valence-electron chi connectivity index (χ3n) is 3.23. The molecule has 1 rings (SSSR count). The highest BCUT2D eigenvalue weighted by Gasteiger charge is 2.15. The van der Waals surface area contributed by atoms with Crippen LogP contribution in [0.25, 0.3) is 0 Å². The van der Waals surface area contributed by atoms with E-state index in [1.807, 2.05) is 6.92 Å². The lowest BCUT2D eigenvalue weighted by Gasteiger charge is -2.20. The van der Waals surface area contributed by atoms with Gasteiger partial charge in [-0.15, -0.1) is 24.0 Å². The molecule has 1 aromatic rings. The van der Waals surface area contributed by atoms with Crippen LogP contribution in [0.5, 0.6) is 0 Å². The summed E-state index contributed by atoms with van der Waals surface area (Å²) in [5, 5.41) is 6.31. The molecule has 0 radical (unpaired) electrons. The maximum atomic E-state index is 13.6. The molecule has 0 aliphatic carbocycles. The summed E-state index contributed by atoms with van der Waals surface area (Å²) in [5.74, 6) is -0.879. The molecule has 0 fully saturated rings. The van der Waals surface area contributed by atoms with Crippen LogP contribution in [0.3, 0.4) is 0 Å². The summed E-state index contributed by atoms with van der Waals surface area (Å²) in [6.45, 7) is 8.17. The third-order valence-corrected chi connectivity index (χ3v) is 4.47. The van der Waals surface area contributed by atoms with Crippen LogP contribution in [-0.2, 0) is 6.42 Å². The molecular weight excluding hydrogens is 431 g/mol. The number of rotatable bonds is 7. The number of thioether (sulfide) groups is 1. The minimum atomic E-state index is -0.806. The van der Waals surface area contributed by atoms with Crippen molar-refractivity contribution in [3.8, 4) is 0 Å². The third kappa shape index (κ3) is 8.19. The summed E-state index contributed by atoms with van der Waals surface area (Å²) >= 11 is 1.76. The highest BCUT2D eigenvalue weighted by atomic mass is 127. The Labute approximate surface area is 159 Å². The SMILES string of the molecule is CCNC(=NCC(C)(C)SC)NCCc1cccc(F)c1F.I. The smallest absolute Gasteiger partial charge is 0.191 e. The van der Waals surface area contributed by atoms with Gasteiger partial charge in [-0.05, 0) is 45.1 Å². The van der Waals surface area contributed by atoms with Crippen molar-refractivity contribution in [2.45, 2.75) is 31.9 Å². The number of halogens is 3. The second kappa shape index (κ2) is 11.1. The second-order valence-electron chi connectivity index (χ2n) is 5.55. The molecular formula is C16H26F2IN3S. The molecule has 3 nitrogen and oxygen atoms in total. The Morgan fingerprint density at radius 3 is 2.57 bits per heavy atom.